The van der Waals surface area contributed by atoms with Crippen molar-refractivity contribution >= 4 is 43.2 Å². The molecule has 3 rings (SSSR count). The van der Waals surface area contributed by atoms with Crippen LogP contribution in [0, 0.1) is 6.92 Å². The normalized spacial score (nSPS) is 10.8. The van der Waals surface area contributed by atoms with Crippen LogP contribution >= 0.6 is 27.3 Å². The van der Waals surface area contributed by atoms with E-state index >= 15 is 0 Å². The quantitative estimate of drug-likeness (QED) is 0.731. The lowest BCUT2D eigenvalue weighted by Crippen LogP contribution is -1.98. The Balaban J connectivity index is 1.76. The molecule has 0 aliphatic carbocycles. The number of hydrogen-bond donors (Lipinski definition) is 1. The number of fused-ring (bicyclic) bond motifs is 1. The summed E-state index contributed by atoms with van der Waals surface area (Å²) < 4.78 is 2.37. The topological polar surface area (TPSA) is 24.9 Å². The average Bonchev–Trinajstić information content (AvgIpc) is 2.83. The zero-order chi connectivity index (χ0) is 13.2. The highest BCUT2D eigenvalue weighted by Crippen LogP contribution is 2.24. The first kappa shape index (κ1) is 12.6. The van der Waals surface area contributed by atoms with Crippen LogP contribution in [0.3, 0.4) is 0 Å². The maximum absolute atomic E-state index is 4.61. The molecule has 0 aliphatic heterocycles. The molecule has 2 aromatic carbocycles. The Morgan fingerprint density at radius 2 is 2.05 bits per heavy atom. The molecule has 0 aliphatic rings. The van der Waals surface area contributed by atoms with E-state index in [1.165, 1.54) is 10.3 Å². The van der Waals surface area contributed by atoms with E-state index in [-0.39, 0.29) is 0 Å². The second-order valence-corrected chi connectivity index (χ2v) is 6.36. The predicted octanol–water partition coefficient (Wildman–Crippen LogP) is 4.98. The van der Waals surface area contributed by atoms with Crippen molar-refractivity contribution < 1.29 is 0 Å². The van der Waals surface area contributed by atoms with Crippen molar-refractivity contribution in [1.82, 2.24) is 4.98 Å². The Hall–Kier alpha value is -1.39. The molecule has 0 fully saturated rings. The van der Waals surface area contributed by atoms with E-state index in [1.807, 2.05) is 6.07 Å². The zero-order valence-corrected chi connectivity index (χ0v) is 12.9. The van der Waals surface area contributed by atoms with Gasteiger partial charge in [0.25, 0.3) is 0 Å². The van der Waals surface area contributed by atoms with Gasteiger partial charge in [-0.2, -0.15) is 0 Å². The third-order valence-electron chi connectivity index (χ3n) is 2.95. The van der Waals surface area contributed by atoms with Crippen molar-refractivity contribution in [2.45, 2.75) is 13.5 Å². The molecule has 3 aromatic rings. The van der Waals surface area contributed by atoms with Gasteiger partial charge < -0.3 is 5.32 Å². The molecule has 1 heterocycles. The first-order chi connectivity index (χ1) is 9.22. The average molecular weight is 333 g/mol. The fourth-order valence-electron chi connectivity index (χ4n) is 1.88. The van der Waals surface area contributed by atoms with E-state index in [4.69, 9.17) is 0 Å². The summed E-state index contributed by atoms with van der Waals surface area (Å²) in [4.78, 5) is 4.61. The number of aromatic nitrogens is 1. The number of benzene rings is 2. The minimum atomic E-state index is 0.759. The number of nitrogens with one attached hydrogen (secondary N) is 1. The smallest absolute Gasteiger partial charge is 0.113 e. The van der Waals surface area contributed by atoms with Gasteiger partial charge in [-0.25, -0.2) is 4.98 Å². The molecule has 19 heavy (non-hydrogen) atoms. The largest absolute Gasteiger partial charge is 0.378 e. The summed E-state index contributed by atoms with van der Waals surface area (Å²) in [6.45, 7) is 2.84. The van der Waals surface area contributed by atoms with Crippen LogP contribution in [0.1, 0.15) is 10.6 Å². The van der Waals surface area contributed by atoms with E-state index in [0.717, 1.165) is 27.2 Å². The third-order valence-corrected chi connectivity index (χ3v) is 4.84. The fraction of sp³-hybridized carbons (Fsp3) is 0.133. The van der Waals surface area contributed by atoms with Crippen molar-refractivity contribution in [1.29, 1.82) is 0 Å². The van der Waals surface area contributed by atoms with Gasteiger partial charge in [0.05, 0.1) is 16.8 Å². The molecule has 0 saturated carbocycles. The molecule has 0 atom stereocenters. The van der Waals surface area contributed by atoms with Crippen molar-refractivity contribution in [2.24, 2.45) is 0 Å². The van der Waals surface area contributed by atoms with Gasteiger partial charge in [0, 0.05) is 10.2 Å². The number of para-hydroxylation sites is 1. The molecule has 0 saturated heterocycles. The molecule has 0 bridgehead atoms. The minimum Gasteiger partial charge on any atom is -0.378 e. The summed E-state index contributed by atoms with van der Waals surface area (Å²) in [5, 5.41) is 4.52. The molecule has 96 valence electrons. The Bertz CT molecular complexity index is 688. The zero-order valence-electron chi connectivity index (χ0n) is 10.5. The van der Waals surface area contributed by atoms with Crippen LogP contribution in [0.4, 0.5) is 5.69 Å². The lowest BCUT2D eigenvalue weighted by Gasteiger charge is -2.06. The molecule has 0 amide bonds. The summed E-state index contributed by atoms with van der Waals surface area (Å²) in [6, 6.07) is 14.5. The standard InChI is InChI=1S/C15H13BrN2S/c1-10-6-7-11(8-12(10)16)17-9-15-18-13-4-2-3-5-14(13)19-15/h2-8,17H,9H2,1H3. The highest BCUT2D eigenvalue weighted by atomic mass is 79.9. The molecule has 1 N–H and O–H groups in total. The monoisotopic (exact) mass is 332 g/mol. The number of aryl methyl sites for hydroxylation is 1. The van der Waals surface area contributed by atoms with Gasteiger partial charge in [0.15, 0.2) is 0 Å². The van der Waals surface area contributed by atoms with Crippen molar-refractivity contribution in [2.75, 3.05) is 5.32 Å². The highest BCUT2D eigenvalue weighted by Gasteiger charge is 2.03. The Labute approximate surface area is 124 Å². The van der Waals surface area contributed by atoms with Crippen LogP contribution in [0.15, 0.2) is 46.9 Å². The van der Waals surface area contributed by atoms with Gasteiger partial charge in [0.2, 0.25) is 0 Å². The molecule has 0 unspecified atom stereocenters. The van der Waals surface area contributed by atoms with Crippen LogP contribution < -0.4 is 5.32 Å². The van der Waals surface area contributed by atoms with E-state index in [0.29, 0.717) is 0 Å². The van der Waals surface area contributed by atoms with Gasteiger partial charge >= 0.3 is 0 Å². The van der Waals surface area contributed by atoms with Gasteiger partial charge in [0.1, 0.15) is 5.01 Å². The van der Waals surface area contributed by atoms with Crippen LogP contribution in [0.2, 0.25) is 0 Å². The number of anilines is 1. The molecule has 0 radical (unpaired) electrons. The lowest BCUT2D eigenvalue weighted by atomic mass is 10.2. The third kappa shape index (κ3) is 2.80. The van der Waals surface area contributed by atoms with Crippen molar-refractivity contribution in [3.8, 4) is 0 Å². The van der Waals surface area contributed by atoms with Gasteiger partial charge in [-0.15, -0.1) is 11.3 Å². The lowest BCUT2D eigenvalue weighted by molar-refractivity contribution is 1.12. The highest BCUT2D eigenvalue weighted by molar-refractivity contribution is 9.10. The van der Waals surface area contributed by atoms with Crippen LogP contribution in [0.25, 0.3) is 10.2 Å². The van der Waals surface area contributed by atoms with Crippen LogP contribution in [0.5, 0.6) is 0 Å². The molecule has 4 heteroatoms. The van der Waals surface area contributed by atoms with Crippen molar-refractivity contribution in [3.05, 3.63) is 57.5 Å². The summed E-state index contributed by atoms with van der Waals surface area (Å²) in [5.74, 6) is 0. The number of hydrogen-bond acceptors (Lipinski definition) is 3. The number of nitrogens with zero attached hydrogens (tertiary/aromatic N) is 1. The number of thiazole rings is 1. The van der Waals surface area contributed by atoms with Crippen LogP contribution in [-0.4, -0.2) is 4.98 Å². The number of halogens is 1. The first-order valence-electron chi connectivity index (χ1n) is 6.07. The fourth-order valence-corrected chi connectivity index (χ4v) is 3.16. The van der Waals surface area contributed by atoms with E-state index in [1.54, 1.807) is 11.3 Å². The van der Waals surface area contributed by atoms with Crippen molar-refractivity contribution in [3.63, 3.8) is 0 Å². The Kier molecular flexibility index (Phi) is 3.53. The first-order valence-corrected chi connectivity index (χ1v) is 7.68. The van der Waals surface area contributed by atoms with Gasteiger partial charge in [-0.3, -0.25) is 0 Å². The summed E-state index contributed by atoms with van der Waals surface area (Å²) >= 11 is 5.29. The van der Waals surface area contributed by atoms with Crippen LogP contribution in [-0.2, 0) is 6.54 Å². The summed E-state index contributed by atoms with van der Waals surface area (Å²) in [7, 11) is 0. The summed E-state index contributed by atoms with van der Waals surface area (Å²) in [6.07, 6.45) is 0. The Morgan fingerprint density at radius 1 is 1.21 bits per heavy atom. The summed E-state index contributed by atoms with van der Waals surface area (Å²) in [5.41, 5.74) is 3.43. The molecule has 2 nitrogen and oxygen atoms in total. The molecule has 1 aromatic heterocycles. The SMILES string of the molecule is Cc1ccc(NCc2nc3ccccc3s2)cc1Br. The Morgan fingerprint density at radius 3 is 2.84 bits per heavy atom. The maximum atomic E-state index is 4.61. The maximum Gasteiger partial charge on any atom is 0.113 e. The molecule has 0 spiro atoms. The minimum absolute atomic E-state index is 0.759. The second-order valence-electron chi connectivity index (χ2n) is 4.39. The predicted molar refractivity (Wildman–Crippen MR) is 85.8 cm³/mol. The molecular weight excluding hydrogens is 320 g/mol. The van der Waals surface area contributed by atoms with Gasteiger partial charge in [-0.1, -0.05) is 34.1 Å². The number of rotatable bonds is 3. The van der Waals surface area contributed by atoms with E-state index in [2.05, 4.69) is 69.6 Å². The van der Waals surface area contributed by atoms with E-state index in [9.17, 15) is 0 Å². The molecular formula is C15H13BrN2S. The van der Waals surface area contributed by atoms with E-state index < -0.39 is 0 Å². The second kappa shape index (κ2) is 5.31. The van der Waals surface area contributed by atoms with Gasteiger partial charge in [-0.05, 0) is 36.8 Å².